The molecule has 0 heterocycles. The zero-order chi connectivity index (χ0) is 16.0. The number of likely N-dealkylation sites (N-methyl/N-ethyl adjacent to an activating group) is 2. The minimum Gasteiger partial charge on any atom is -0.312 e. The highest BCUT2D eigenvalue weighted by molar-refractivity contribution is 9.10. The fourth-order valence-corrected chi connectivity index (χ4v) is 4.04. The first kappa shape index (κ1) is 19.0. The van der Waals surface area contributed by atoms with E-state index in [1.807, 2.05) is 6.07 Å². The van der Waals surface area contributed by atoms with Gasteiger partial charge in [0.05, 0.1) is 0 Å². The maximum atomic E-state index is 6.42. The van der Waals surface area contributed by atoms with Crippen molar-refractivity contribution in [2.45, 2.75) is 51.6 Å². The molecule has 0 spiro atoms. The Bertz CT molecular complexity index is 444. The van der Waals surface area contributed by atoms with Crippen LogP contribution in [0.2, 0.25) is 5.02 Å². The second-order valence-corrected chi connectivity index (χ2v) is 7.08. The van der Waals surface area contributed by atoms with E-state index in [0.717, 1.165) is 35.3 Å². The van der Waals surface area contributed by atoms with E-state index >= 15 is 0 Å². The molecule has 0 aliphatic carbocycles. The van der Waals surface area contributed by atoms with E-state index in [-0.39, 0.29) is 5.54 Å². The largest absolute Gasteiger partial charge is 0.312 e. The number of halogens is 2. The molecule has 0 aromatic heterocycles. The monoisotopic (exact) mass is 374 g/mol. The number of nitrogens with one attached hydrogen (secondary N) is 1. The van der Waals surface area contributed by atoms with Gasteiger partial charge in [-0.3, -0.25) is 0 Å². The fourth-order valence-electron chi connectivity index (χ4n) is 3.29. The normalized spacial score (nSPS) is 13.7. The molecule has 0 fully saturated rings. The molecular weight excluding hydrogens is 348 g/mol. The molecule has 0 bridgehead atoms. The molecule has 0 amide bonds. The van der Waals surface area contributed by atoms with Gasteiger partial charge >= 0.3 is 0 Å². The Morgan fingerprint density at radius 1 is 1.24 bits per heavy atom. The van der Waals surface area contributed by atoms with Crippen LogP contribution < -0.4 is 5.32 Å². The zero-order valence-electron chi connectivity index (χ0n) is 13.8. The highest BCUT2D eigenvalue weighted by Crippen LogP contribution is 2.30. The van der Waals surface area contributed by atoms with Crippen molar-refractivity contribution in [2.75, 3.05) is 20.6 Å². The quantitative estimate of drug-likeness (QED) is 0.705. The standard InChI is InChI=1S/C17H28BrClN2/c1-6-17(7-2,21(4)5)16(20-8-3)11-13-9-10-14(18)12-15(13)19/h9-10,12,16,20H,6-8,11H2,1-5H3. The molecule has 0 saturated heterocycles. The van der Waals surface area contributed by atoms with Gasteiger partial charge in [0, 0.05) is 21.1 Å². The molecule has 1 atom stereocenters. The second-order valence-electron chi connectivity index (χ2n) is 5.76. The predicted molar refractivity (Wildman–Crippen MR) is 97.3 cm³/mol. The summed E-state index contributed by atoms with van der Waals surface area (Å²) in [5, 5.41) is 4.52. The second kappa shape index (κ2) is 8.52. The molecule has 1 aromatic carbocycles. The van der Waals surface area contributed by atoms with Gasteiger partial charge in [-0.2, -0.15) is 0 Å². The molecule has 1 aromatic rings. The van der Waals surface area contributed by atoms with Crippen LogP contribution in [-0.2, 0) is 6.42 Å². The first-order valence-corrected chi connectivity index (χ1v) is 8.93. The van der Waals surface area contributed by atoms with Crippen LogP contribution >= 0.6 is 27.5 Å². The molecule has 2 nitrogen and oxygen atoms in total. The minimum atomic E-state index is 0.145. The van der Waals surface area contributed by atoms with Crippen molar-refractivity contribution >= 4 is 27.5 Å². The molecule has 1 N–H and O–H groups in total. The number of nitrogens with zero attached hydrogens (tertiary/aromatic N) is 1. The third-order valence-electron chi connectivity index (χ3n) is 4.65. The van der Waals surface area contributed by atoms with Gasteiger partial charge in [0.25, 0.3) is 0 Å². The Labute approximate surface area is 143 Å². The van der Waals surface area contributed by atoms with Crippen LogP contribution in [0.1, 0.15) is 39.2 Å². The number of hydrogen-bond acceptors (Lipinski definition) is 2. The van der Waals surface area contributed by atoms with Gasteiger partial charge in [-0.25, -0.2) is 0 Å². The average molecular weight is 376 g/mol. The van der Waals surface area contributed by atoms with E-state index in [9.17, 15) is 0 Å². The van der Waals surface area contributed by atoms with Crippen molar-refractivity contribution in [2.24, 2.45) is 0 Å². The summed E-state index contributed by atoms with van der Waals surface area (Å²) in [6.07, 6.45) is 3.17. The molecular formula is C17H28BrClN2. The maximum absolute atomic E-state index is 6.42. The third kappa shape index (κ3) is 4.44. The first-order valence-electron chi connectivity index (χ1n) is 7.76. The molecule has 4 heteroatoms. The van der Waals surface area contributed by atoms with Crippen molar-refractivity contribution in [1.29, 1.82) is 0 Å². The summed E-state index contributed by atoms with van der Waals surface area (Å²) in [7, 11) is 4.36. The molecule has 21 heavy (non-hydrogen) atoms. The van der Waals surface area contributed by atoms with Crippen LogP contribution in [0.4, 0.5) is 0 Å². The van der Waals surface area contributed by atoms with Crippen LogP contribution in [0.25, 0.3) is 0 Å². The van der Waals surface area contributed by atoms with Gasteiger partial charge in [0.2, 0.25) is 0 Å². The maximum Gasteiger partial charge on any atom is 0.0449 e. The summed E-state index contributed by atoms with van der Waals surface area (Å²) >= 11 is 9.89. The smallest absolute Gasteiger partial charge is 0.0449 e. The van der Waals surface area contributed by atoms with Gasteiger partial charge in [-0.15, -0.1) is 0 Å². The predicted octanol–water partition coefficient (Wildman–Crippen LogP) is 4.74. The Morgan fingerprint density at radius 2 is 1.86 bits per heavy atom. The van der Waals surface area contributed by atoms with E-state index in [1.54, 1.807) is 0 Å². The van der Waals surface area contributed by atoms with E-state index in [0.29, 0.717) is 6.04 Å². The highest BCUT2D eigenvalue weighted by Gasteiger charge is 2.37. The van der Waals surface area contributed by atoms with Crippen LogP contribution in [-0.4, -0.2) is 37.1 Å². The summed E-state index contributed by atoms with van der Waals surface area (Å²) in [5.74, 6) is 0. The lowest BCUT2D eigenvalue weighted by Crippen LogP contribution is -2.59. The minimum absolute atomic E-state index is 0.145. The lowest BCUT2D eigenvalue weighted by molar-refractivity contribution is 0.0889. The lowest BCUT2D eigenvalue weighted by Gasteiger charge is -2.46. The van der Waals surface area contributed by atoms with E-state index < -0.39 is 0 Å². The summed E-state index contributed by atoms with van der Waals surface area (Å²) in [5.41, 5.74) is 1.35. The molecule has 0 aliphatic rings. The van der Waals surface area contributed by atoms with E-state index in [1.165, 1.54) is 5.56 Å². The Kier molecular flexibility index (Phi) is 7.69. The molecule has 0 aliphatic heterocycles. The van der Waals surface area contributed by atoms with Crippen molar-refractivity contribution in [3.8, 4) is 0 Å². The van der Waals surface area contributed by atoms with E-state index in [4.69, 9.17) is 11.6 Å². The molecule has 0 saturated carbocycles. The van der Waals surface area contributed by atoms with Crippen molar-refractivity contribution in [3.05, 3.63) is 33.3 Å². The number of benzene rings is 1. The highest BCUT2D eigenvalue weighted by atomic mass is 79.9. The molecule has 1 unspecified atom stereocenters. The summed E-state index contributed by atoms with van der Waals surface area (Å²) in [6.45, 7) is 7.68. The van der Waals surface area contributed by atoms with Crippen molar-refractivity contribution in [3.63, 3.8) is 0 Å². The third-order valence-corrected chi connectivity index (χ3v) is 5.50. The number of hydrogen-bond donors (Lipinski definition) is 1. The van der Waals surface area contributed by atoms with Gasteiger partial charge in [-0.05, 0) is 57.6 Å². The zero-order valence-corrected chi connectivity index (χ0v) is 16.2. The van der Waals surface area contributed by atoms with Crippen molar-refractivity contribution < 1.29 is 0 Å². The molecule has 120 valence electrons. The van der Waals surface area contributed by atoms with Crippen LogP contribution in [0.15, 0.2) is 22.7 Å². The van der Waals surface area contributed by atoms with Gasteiger partial charge in [-0.1, -0.05) is 54.4 Å². The van der Waals surface area contributed by atoms with Crippen LogP contribution in [0, 0.1) is 0 Å². The SMILES string of the molecule is CCNC(Cc1ccc(Br)cc1Cl)C(CC)(CC)N(C)C. The Morgan fingerprint density at radius 3 is 2.29 bits per heavy atom. The molecule has 1 rings (SSSR count). The topological polar surface area (TPSA) is 15.3 Å². The van der Waals surface area contributed by atoms with Gasteiger partial charge < -0.3 is 10.2 Å². The Balaban J connectivity index is 3.10. The average Bonchev–Trinajstić information content (AvgIpc) is 2.43. The summed E-state index contributed by atoms with van der Waals surface area (Å²) in [6, 6.07) is 6.56. The summed E-state index contributed by atoms with van der Waals surface area (Å²) < 4.78 is 1.03. The van der Waals surface area contributed by atoms with E-state index in [2.05, 4.69) is 73.1 Å². The Hall–Kier alpha value is -0.0900. The molecule has 0 radical (unpaired) electrons. The summed E-state index contributed by atoms with van der Waals surface area (Å²) in [4.78, 5) is 2.37. The fraction of sp³-hybridized carbons (Fsp3) is 0.647. The van der Waals surface area contributed by atoms with Crippen molar-refractivity contribution in [1.82, 2.24) is 10.2 Å². The van der Waals surface area contributed by atoms with Crippen LogP contribution in [0.5, 0.6) is 0 Å². The number of rotatable bonds is 8. The lowest BCUT2D eigenvalue weighted by atomic mass is 9.80. The first-order chi connectivity index (χ1) is 9.91. The van der Waals surface area contributed by atoms with Gasteiger partial charge in [0.15, 0.2) is 0 Å². The van der Waals surface area contributed by atoms with Gasteiger partial charge in [0.1, 0.15) is 0 Å². The van der Waals surface area contributed by atoms with Crippen LogP contribution in [0.3, 0.4) is 0 Å².